The number of benzene rings is 1. The van der Waals surface area contributed by atoms with Gasteiger partial charge in [0, 0.05) is 24.2 Å². The van der Waals surface area contributed by atoms with Crippen molar-refractivity contribution in [3.8, 4) is 0 Å². The van der Waals surface area contributed by atoms with Crippen molar-refractivity contribution >= 4 is 23.2 Å². The third-order valence-corrected chi connectivity index (χ3v) is 4.40. The summed E-state index contributed by atoms with van der Waals surface area (Å²) in [4.78, 5) is 24.6. The van der Waals surface area contributed by atoms with E-state index in [9.17, 15) is 19.3 Å². The van der Waals surface area contributed by atoms with E-state index in [-0.39, 0.29) is 28.6 Å². The Hall–Kier alpha value is -1.73. The van der Waals surface area contributed by atoms with Crippen molar-refractivity contribution < 1.29 is 14.1 Å². The highest BCUT2D eigenvalue weighted by molar-refractivity contribution is 6.31. The van der Waals surface area contributed by atoms with Gasteiger partial charge in [-0.05, 0) is 32.0 Å². The van der Waals surface area contributed by atoms with Gasteiger partial charge < -0.3 is 5.32 Å². The van der Waals surface area contributed by atoms with Crippen LogP contribution in [0.2, 0.25) is 5.02 Å². The predicted octanol–water partition coefficient (Wildman–Crippen LogP) is 2.53. The van der Waals surface area contributed by atoms with Gasteiger partial charge in [-0.3, -0.25) is 19.8 Å². The van der Waals surface area contributed by atoms with E-state index >= 15 is 0 Å². The van der Waals surface area contributed by atoms with Gasteiger partial charge in [0.25, 0.3) is 5.69 Å². The second kappa shape index (κ2) is 7.70. The molecule has 1 aliphatic rings. The fourth-order valence-electron chi connectivity index (χ4n) is 2.90. The van der Waals surface area contributed by atoms with Crippen LogP contribution < -0.4 is 5.32 Å². The lowest BCUT2D eigenvalue weighted by atomic mass is 10.1. The number of nitrogens with one attached hydrogen (secondary N) is 1. The molecule has 1 atom stereocenters. The molecule has 1 saturated heterocycles. The summed E-state index contributed by atoms with van der Waals surface area (Å²) in [7, 11) is 0. The number of nitrogens with zero attached hydrogens (tertiary/aromatic N) is 2. The van der Waals surface area contributed by atoms with E-state index in [1.165, 1.54) is 0 Å². The quantitative estimate of drug-likeness (QED) is 0.636. The van der Waals surface area contributed by atoms with Crippen LogP contribution in [0.5, 0.6) is 0 Å². The molecule has 1 N–H and O–H groups in total. The van der Waals surface area contributed by atoms with E-state index in [0.29, 0.717) is 12.6 Å². The molecule has 0 aromatic heterocycles. The summed E-state index contributed by atoms with van der Waals surface area (Å²) >= 11 is 5.56. The molecule has 0 spiro atoms. The van der Waals surface area contributed by atoms with Crippen molar-refractivity contribution in [2.24, 2.45) is 0 Å². The average molecular weight is 344 g/mol. The van der Waals surface area contributed by atoms with Crippen molar-refractivity contribution in [3.05, 3.63) is 38.7 Å². The zero-order valence-electron chi connectivity index (χ0n) is 12.8. The summed E-state index contributed by atoms with van der Waals surface area (Å²) in [5, 5.41) is 13.5. The number of carbonyl (C=O) groups excluding carboxylic acids is 1. The lowest BCUT2D eigenvalue weighted by Gasteiger charge is -2.22. The summed E-state index contributed by atoms with van der Waals surface area (Å²) in [5.74, 6) is -1.13. The molecule has 0 bridgehead atoms. The normalized spacial score (nSPS) is 18.1. The summed E-state index contributed by atoms with van der Waals surface area (Å²) in [5.41, 5.74) is -0.323. The maximum Gasteiger partial charge on any atom is 0.274 e. The fraction of sp³-hybridized carbons (Fsp3) is 0.533. The van der Waals surface area contributed by atoms with Gasteiger partial charge in [0.05, 0.1) is 16.4 Å². The van der Waals surface area contributed by atoms with E-state index in [0.717, 1.165) is 38.1 Å². The lowest BCUT2D eigenvalue weighted by Crippen LogP contribution is -2.40. The number of hydrogen-bond donors (Lipinski definition) is 1. The standard InChI is InChI=1S/C15H19ClFN3O3/c1-2-19-5-3-4-11(19)9-18-15(21)7-10-6-13(17)12(16)8-14(10)20(22)23/h6,8,11H,2-5,7,9H2,1H3,(H,18,21)/t11-/m1/s1. The first-order chi connectivity index (χ1) is 10.9. The first-order valence-electron chi connectivity index (χ1n) is 7.55. The third kappa shape index (κ3) is 4.39. The van der Waals surface area contributed by atoms with Gasteiger partial charge in [-0.15, -0.1) is 0 Å². The molecule has 1 fully saturated rings. The van der Waals surface area contributed by atoms with Gasteiger partial charge in [0.1, 0.15) is 5.82 Å². The molecule has 0 aliphatic carbocycles. The molecule has 1 amide bonds. The largest absolute Gasteiger partial charge is 0.354 e. The Labute approximate surface area is 138 Å². The van der Waals surface area contributed by atoms with Crippen LogP contribution in [0.1, 0.15) is 25.3 Å². The van der Waals surface area contributed by atoms with Gasteiger partial charge in [0.15, 0.2) is 0 Å². The number of nitro benzene ring substituents is 1. The van der Waals surface area contributed by atoms with Crippen molar-refractivity contribution in [1.29, 1.82) is 0 Å². The van der Waals surface area contributed by atoms with Gasteiger partial charge >= 0.3 is 0 Å². The molecule has 0 radical (unpaired) electrons. The molecule has 0 unspecified atom stereocenters. The second-order valence-electron chi connectivity index (χ2n) is 5.56. The first kappa shape index (κ1) is 17.6. The lowest BCUT2D eigenvalue weighted by molar-refractivity contribution is -0.385. The Morgan fingerprint density at radius 2 is 2.30 bits per heavy atom. The third-order valence-electron chi connectivity index (χ3n) is 4.11. The van der Waals surface area contributed by atoms with E-state index in [2.05, 4.69) is 17.1 Å². The van der Waals surface area contributed by atoms with Crippen LogP contribution in [0.15, 0.2) is 12.1 Å². The molecule has 1 aliphatic heterocycles. The van der Waals surface area contributed by atoms with Gasteiger partial charge in [-0.25, -0.2) is 4.39 Å². The van der Waals surface area contributed by atoms with Crippen LogP contribution in [0, 0.1) is 15.9 Å². The molecule has 2 rings (SSSR count). The molecule has 1 heterocycles. The molecular formula is C15H19ClFN3O3. The summed E-state index contributed by atoms with van der Waals surface area (Å²) < 4.78 is 13.5. The smallest absolute Gasteiger partial charge is 0.274 e. The summed E-state index contributed by atoms with van der Waals surface area (Å²) in [6.07, 6.45) is 1.87. The van der Waals surface area contributed by atoms with E-state index in [4.69, 9.17) is 11.6 Å². The summed E-state index contributed by atoms with van der Waals surface area (Å²) in [6.45, 7) is 4.51. The molecule has 1 aromatic carbocycles. The number of likely N-dealkylation sites (tertiary alicyclic amines) is 1. The zero-order valence-corrected chi connectivity index (χ0v) is 13.6. The monoisotopic (exact) mass is 343 g/mol. The van der Waals surface area contributed by atoms with Crippen molar-refractivity contribution in [3.63, 3.8) is 0 Å². The first-order valence-corrected chi connectivity index (χ1v) is 7.93. The van der Waals surface area contributed by atoms with Crippen molar-refractivity contribution in [2.75, 3.05) is 19.6 Å². The van der Waals surface area contributed by atoms with Crippen LogP contribution in [0.4, 0.5) is 10.1 Å². The number of rotatable bonds is 6. The Balaban J connectivity index is 2.00. The maximum absolute atomic E-state index is 13.5. The highest BCUT2D eigenvalue weighted by atomic mass is 35.5. The van der Waals surface area contributed by atoms with Crippen LogP contribution in [-0.4, -0.2) is 41.4 Å². The summed E-state index contributed by atoms with van der Waals surface area (Å²) in [6, 6.07) is 2.18. The van der Waals surface area contributed by atoms with E-state index in [1.807, 2.05) is 0 Å². The molecule has 6 nitrogen and oxygen atoms in total. The molecule has 8 heteroatoms. The van der Waals surface area contributed by atoms with Gasteiger partial charge in [0.2, 0.25) is 5.91 Å². The molecule has 0 saturated carbocycles. The van der Waals surface area contributed by atoms with Crippen LogP contribution in [0.25, 0.3) is 0 Å². The van der Waals surface area contributed by atoms with Gasteiger partial charge in [-0.1, -0.05) is 18.5 Å². The Kier molecular flexibility index (Phi) is 5.90. The minimum absolute atomic E-state index is 0.0215. The SMILES string of the molecule is CCN1CCC[C@@H]1CNC(=O)Cc1cc(F)c(Cl)cc1[N+](=O)[O-]. The number of carbonyl (C=O) groups is 1. The number of amides is 1. The highest BCUT2D eigenvalue weighted by Crippen LogP contribution is 2.26. The fourth-order valence-corrected chi connectivity index (χ4v) is 3.06. The second-order valence-corrected chi connectivity index (χ2v) is 5.96. The number of likely N-dealkylation sites (N-methyl/N-ethyl adjacent to an activating group) is 1. The topological polar surface area (TPSA) is 75.5 Å². The van der Waals surface area contributed by atoms with E-state index in [1.54, 1.807) is 0 Å². The van der Waals surface area contributed by atoms with Crippen LogP contribution >= 0.6 is 11.6 Å². The van der Waals surface area contributed by atoms with Crippen molar-refractivity contribution in [2.45, 2.75) is 32.2 Å². The minimum Gasteiger partial charge on any atom is -0.354 e. The maximum atomic E-state index is 13.5. The Morgan fingerprint density at radius 3 is 2.96 bits per heavy atom. The predicted molar refractivity (Wildman–Crippen MR) is 85.0 cm³/mol. The van der Waals surface area contributed by atoms with Crippen LogP contribution in [-0.2, 0) is 11.2 Å². The van der Waals surface area contributed by atoms with Crippen molar-refractivity contribution in [1.82, 2.24) is 10.2 Å². The zero-order chi connectivity index (χ0) is 17.0. The number of nitro groups is 1. The Bertz CT molecular complexity index is 612. The van der Waals surface area contributed by atoms with E-state index < -0.39 is 10.7 Å². The minimum atomic E-state index is -0.770. The molecule has 126 valence electrons. The Morgan fingerprint density at radius 1 is 1.57 bits per heavy atom. The van der Waals surface area contributed by atoms with Crippen LogP contribution in [0.3, 0.4) is 0 Å². The highest BCUT2D eigenvalue weighted by Gasteiger charge is 2.24. The molecule has 1 aromatic rings. The average Bonchev–Trinajstić information content (AvgIpc) is 2.95. The van der Waals surface area contributed by atoms with Gasteiger partial charge in [-0.2, -0.15) is 0 Å². The molecular weight excluding hydrogens is 325 g/mol. The molecule has 23 heavy (non-hydrogen) atoms. The number of halogens is 2. The number of hydrogen-bond acceptors (Lipinski definition) is 4.